The molecule has 5 heteroatoms. The second kappa shape index (κ2) is 4.82. The quantitative estimate of drug-likeness (QED) is 0.729. The molecule has 0 unspecified atom stereocenters. The van der Waals surface area contributed by atoms with E-state index in [-0.39, 0.29) is 12.5 Å². The van der Waals surface area contributed by atoms with E-state index >= 15 is 0 Å². The third-order valence-electron chi connectivity index (χ3n) is 3.01. The fourth-order valence-corrected chi connectivity index (χ4v) is 1.15. The van der Waals surface area contributed by atoms with Gasteiger partial charge in [-0.25, -0.2) is 4.79 Å². The Morgan fingerprint density at radius 2 is 2.00 bits per heavy atom. The van der Waals surface area contributed by atoms with Crippen LogP contribution in [0.1, 0.15) is 26.7 Å². The molecule has 1 amide bonds. The summed E-state index contributed by atoms with van der Waals surface area (Å²) in [7, 11) is 1.48. The number of aliphatic carboxylic acids is 1. The molecule has 1 rings (SSSR count). The van der Waals surface area contributed by atoms with Crippen LogP contribution in [0.15, 0.2) is 0 Å². The van der Waals surface area contributed by atoms with Gasteiger partial charge in [0.05, 0.1) is 6.61 Å². The van der Waals surface area contributed by atoms with Gasteiger partial charge in [-0.1, -0.05) is 0 Å². The number of hydrogen-bond donors (Lipinski definition) is 1. The lowest BCUT2D eigenvalue weighted by Crippen LogP contribution is -2.51. The number of carboxylic acids is 1. The van der Waals surface area contributed by atoms with Crippen LogP contribution in [0, 0.1) is 5.92 Å². The van der Waals surface area contributed by atoms with Crippen molar-refractivity contribution < 1.29 is 19.4 Å². The summed E-state index contributed by atoms with van der Waals surface area (Å²) >= 11 is 0. The second-order valence-electron chi connectivity index (χ2n) is 4.78. The normalized spacial score (nSPS) is 15.9. The molecule has 1 fully saturated rings. The van der Waals surface area contributed by atoms with Gasteiger partial charge in [0.1, 0.15) is 12.1 Å². The number of ether oxygens (including phenoxy) is 1. The lowest BCUT2D eigenvalue weighted by atomic mass is 10.0. The number of carbonyl (C=O) groups is 2. The van der Waals surface area contributed by atoms with Gasteiger partial charge in [0.15, 0.2) is 0 Å². The van der Waals surface area contributed by atoms with E-state index in [0.29, 0.717) is 12.5 Å². The molecule has 16 heavy (non-hydrogen) atoms. The van der Waals surface area contributed by atoms with Crippen molar-refractivity contribution in [1.82, 2.24) is 4.90 Å². The van der Waals surface area contributed by atoms with Gasteiger partial charge in [0, 0.05) is 7.05 Å². The summed E-state index contributed by atoms with van der Waals surface area (Å²) in [6.07, 6.45) is 2.34. The molecule has 0 radical (unpaired) electrons. The third-order valence-corrected chi connectivity index (χ3v) is 3.01. The van der Waals surface area contributed by atoms with Crippen LogP contribution in [0.4, 0.5) is 0 Å². The summed E-state index contributed by atoms with van der Waals surface area (Å²) in [6.45, 7) is 3.55. The lowest BCUT2D eigenvalue weighted by molar-refractivity contribution is -0.157. The van der Waals surface area contributed by atoms with Gasteiger partial charge in [-0.2, -0.15) is 0 Å². The van der Waals surface area contributed by atoms with E-state index in [1.54, 1.807) is 0 Å². The molecule has 0 bridgehead atoms. The SMILES string of the molecule is CN(C(=O)COCC1CC1)C(C)(C)C(=O)O. The topological polar surface area (TPSA) is 66.8 Å². The number of carboxylic acid groups (broad SMARTS) is 1. The van der Waals surface area contributed by atoms with Crippen molar-refractivity contribution >= 4 is 11.9 Å². The van der Waals surface area contributed by atoms with E-state index in [1.165, 1.54) is 38.6 Å². The zero-order chi connectivity index (χ0) is 12.3. The molecule has 1 aliphatic carbocycles. The summed E-state index contributed by atoms with van der Waals surface area (Å²) in [5.41, 5.74) is -1.19. The monoisotopic (exact) mass is 229 g/mol. The molecule has 1 N–H and O–H groups in total. The average Bonchev–Trinajstić information content (AvgIpc) is 3.00. The molecule has 0 saturated heterocycles. The Labute approximate surface area is 95.4 Å². The van der Waals surface area contributed by atoms with Crippen LogP contribution >= 0.6 is 0 Å². The summed E-state index contributed by atoms with van der Waals surface area (Å²) in [6, 6.07) is 0. The summed E-state index contributed by atoms with van der Waals surface area (Å²) in [4.78, 5) is 23.8. The zero-order valence-electron chi connectivity index (χ0n) is 10.0. The summed E-state index contributed by atoms with van der Waals surface area (Å²) in [5.74, 6) is -0.718. The Hall–Kier alpha value is -1.10. The van der Waals surface area contributed by atoms with Crippen molar-refractivity contribution in [2.75, 3.05) is 20.3 Å². The number of carbonyl (C=O) groups excluding carboxylic acids is 1. The molecule has 0 aliphatic heterocycles. The van der Waals surface area contributed by atoms with Gasteiger partial charge in [-0.3, -0.25) is 4.79 Å². The molecular weight excluding hydrogens is 210 g/mol. The van der Waals surface area contributed by atoms with Crippen molar-refractivity contribution in [3.8, 4) is 0 Å². The van der Waals surface area contributed by atoms with Gasteiger partial charge in [0.2, 0.25) is 5.91 Å². The van der Waals surface area contributed by atoms with E-state index in [0.717, 1.165) is 0 Å². The third kappa shape index (κ3) is 3.20. The minimum atomic E-state index is -1.19. The van der Waals surface area contributed by atoms with Crippen LogP contribution in [0.2, 0.25) is 0 Å². The number of rotatable bonds is 6. The van der Waals surface area contributed by atoms with Gasteiger partial charge in [-0.05, 0) is 32.6 Å². The molecular formula is C11H19NO4. The molecule has 0 atom stereocenters. The average molecular weight is 229 g/mol. The molecule has 0 aromatic heterocycles. The van der Waals surface area contributed by atoms with E-state index in [1.807, 2.05) is 0 Å². The van der Waals surface area contributed by atoms with E-state index in [2.05, 4.69) is 0 Å². The molecule has 0 aromatic carbocycles. The molecule has 1 aliphatic rings. The molecule has 0 heterocycles. The first kappa shape index (κ1) is 13.0. The van der Waals surface area contributed by atoms with Crippen molar-refractivity contribution in [3.05, 3.63) is 0 Å². The van der Waals surface area contributed by atoms with Crippen LogP contribution in [0.3, 0.4) is 0 Å². The van der Waals surface area contributed by atoms with E-state index < -0.39 is 11.5 Å². The van der Waals surface area contributed by atoms with Gasteiger partial charge in [-0.15, -0.1) is 0 Å². The Balaban J connectivity index is 2.36. The highest BCUT2D eigenvalue weighted by atomic mass is 16.5. The van der Waals surface area contributed by atoms with Crippen LogP contribution in [-0.4, -0.2) is 47.7 Å². The van der Waals surface area contributed by atoms with Crippen LogP contribution < -0.4 is 0 Å². The second-order valence-corrected chi connectivity index (χ2v) is 4.78. The fourth-order valence-electron chi connectivity index (χ4n) is 1.15. The largest absolute Gasteiger partial charge is 0.480 e. The smallest absolute Gasteiger partial charge is 0.329 e. The first-order valence-electron chi connectivity index (χ1n) is 5.43. The number of nitrogens with zero attached hydrogens (tertiary/aromatic N) is 1. The van der Waals surface area contributed by atoms with Crippen LogP contribution in [0.5, 0.6) is 0 Å². The fraction of sp³-hybridized carbons (Fsp3) is 0.818. The number of amides is 1. The zero-order valence-corrected chi connectivity index (χ0v) is 10.0. The van der Waals surface area contributed by atoms with Crippen LogP contribution in [-0.2, 0) is 14.3 Å². The lowest BCUT2D eigenvalue weighted by Gasteiger charge is -2.31. The maximum atomic E-state index is 11.6. The number of hydrogen-bond acceptors (Lipinski definition) is 3. The van der Waals surface area contributed by atoms with Crippen molar-refractivity contribution in [2.45, 2.75) is 32.2 Å². The highest BCUT2D eigenvalue weighted by Gasteiger charge is 2.35. The first-order chi connectivity index (χ1) is 7.35. The minimum absolute atomic E-state index is 0.0380. The van der Waals surface area contributed by atoms with Gasteiger partial charge in [0.25, 0.3) is 0 Å². The summed E-state index contributed by atoms with van der Waals surface area (Å²) < 4.78 is 5.23. The predicted octanol–water partition coefficient (Wildman–Crippen LogP) is 0.735. The van der Waals surface area contributed by atoms with E-state index in [9.17, 15) is 9.59 Å². The Bertz CT molecular complexity index is 284. The Kier molecular flexibility index (Phi) is 3.91. The van der Waals surface area contributed by atoms with Gasteiger partial charge >= 0.3 is 5.97 Å². The number of likely N-dealkylation sites (N-methyl/N-ethyl adjacent to an activating group) is 1. The van der Waals surface area contributed by atoms with Crippen molar-refractivity contribution in [2.24, 2.45) is 5.92 Å². The van der Waals surface area contributed by atoms with E-state index in [4.69, 9.17) is 9.84 Å². The maximum Gasteiger partial charge on any atom is 0.329 e. The molecule has 92 valence electrons. The standard InChI is InChI=1S/C11H19NO4/c1-11(2,10(14)15)12(3)9(13)7-16-6-8-4-5-8/h8H,4-7H2,1-3H3,(H,14,15). The molecule has 0 spiro atoms. The summed E-state index contributed by atoms with van der Waals surface area (Å²) in [5, 5.41) is 8.95. The minimum Gasteiger partial charge on any atom is -0.480 e. The Morgan fingerprint density at radius 1 is 1.44 bits per heavy atom. The first-order valence-corrected chi connectivity index (χ1v) is 5.43. The molecule has 1 saturated carbocycles. The Morgan fingerprint density at radius 3 is 2.44 bits per heavy atom. The van der Waals surface area contributed by atoms with Crippen LogP contribution in [0.25, 0.3) is 0 Å². The molecule has 0 aromatic rings. The van der Waals surface area contributed by atoms with Gasteiger partial charge < -0.3 is 14.7 Å². The van der Waals surface area contributed by atoms with Crippen molar-refractivity contribution in [1.29, 1.82) is 0 Å². The predicted molar refractivity (Wildman–Crippen MR) is 58.0 cm³/mol. The highest BCUT2D eigenvalue weighted by molar-refractivity contribution is 5.86. The maximum absolute atomic E-state index is 11.6. The highest BCUT2D eigenvalue weighted by Crippen LogP contribution is 2.28. The molecule has 5 nitrogen and oxygen atoms in total. The van der Waals surface area contributed by atoms with Crippen molar-refractivity contribution in [3.63, 3.8) is 0 Å².